The molecule has 7 heteroatoms. The van der Waals surface area contributed by atoms with E-state index in [0.717, 1.165) is 23.9 Å². The number of esters is 1. The molecule has 0 spiro atoms. The zero-order chi connectivity index (χ0) is 20.2. The second kappa shape index (κ2) is 8.43. The van der Waals surface area contributed by atoms with Crippen LogP contribution in [0.3, 0.4) is 0 Å². The van der Waals surface area contributed by atoms with Crippen LogP contribution < -0.4 is 0 Å². The summed E-state index contributed by atoms with van der Waals surface area (Å²) in [6, 6.07) is 13.3. The smallest absolute Gasteiger partial charge is 0.310 e. The summed E-state index contributed by atoms with van der Waals surface area (Å²) in [5, 5.41) is 0. The van der Waals surface area contributed by atoms with E-state index in [2.05, 4.69) is 4.98 Å². The Morgan fingerprint density at radius 3 is 2.55 bits per heavy atom. The fraction of sp³-hybridized carbons (Fsp3) is 0.318. The van der Waals surface area contributed by atoms with Crippen molar-refractivity contribution in [2.75, 3.05) is 19.7 Å². The molecule has 29 heavy (non-hydrogen) atoms. The van der Waals surface area contributed by atoms with Gasteiger partial charge < -0.3 is 14.1 Å². The molecule has 1 fully saturated rings. The number of nitrogens with zero attached hydrogens (tertiary/aromatic N) is 2. The van der Waals surface area contributed by atoms with Crippen molar-refractivity contribution in [3.63, 3.8) is 0 Å². The molecular weight excluding hydrogens is 375 g/mol. The second-order valence-corrected chi connectivity index (χ2v) is 7.14. The molecule has 6 nitrogen and oxygen atoms in total. The molecule has 1 aliphatic rings. The highest BCUT2D eigenvalue weighted by molar-refractivity contribution is 5.81. The van der Waals surface area contributed by atoms with Gasteiger partial charge in [0.1, 0.15) is 11.3 Å². The van der Waals surface area contributed by atoms with Gasteiger partial charge in [-0.25, -0.2) is 9.37 Å². The van der Waals surface area contributed by atoms with Gasteiger partial charge in [0.25, 0.3) is 5.91 Å². The molecule has 0 N–H and O–H groups in total. The Balaban J connectivity index is 1.24. The van der Waals surface area contributed by atoms with E-state index in [-0.39, 0.29) is 30.7 Å². The van der Waals surface area contributed by atoms with E-state index in [9.17, 15) is 14.0 Å². The lowest BCUT2D eigenvalue weighted by atomic mass is 9.97. The van der Waals surface area contributed by atoms with Gasteiger partial charge in [-0.2, -0.15) is 0 Å². The van der Waals surface area contributed by atoms with Crippen molar-refractivity contribution in [2.45, 2.75) is 25.2 Å². The fourth-order valence-corrected chi connectivity index (χ4v) is 3.49. The van der Waals surface area contributed by atoms with Gasteiger partial charge in [0.15, 0.2) is 18.1 Å². The fourth-order valence-electron chi connectivity index (χ4n) is 3.49. The third kappa shape index (κ3) is 4.62. The van der Waals surface area contributed by atoms with Gasteiger partial charge in [-0.15, -0.1) is 0 Å². The molecule has 150 valence electrons. The van der Waals surface area contributed by atoms with E-state index in [1.54, 1.807) is 4.90 Å². The number of likely N-dealkylation sites (tertiary alicyclic amines) is 1. The lowest BCUT2D eigenvalue weighted by Gasteiger charge is -2.30. The summed E-state index contributed by atoms with van der Waals surface area (Å²) in [4.78, 5) is 30.5. The maximum Gasteiger partial charge on any atom is 0.310 e. The van der Waals surface area contributed by atoms with Crippen LogP contribution in [0.1, 0.15) is 30.2 Å². The number of para-hydroxylation sites is 2. The lowest BCUT2D eigenvalue weighted by Crippen LogP contribution is -2.40. The molecule has 1 aromatic heterocycles. The first-order valence-electron chi connectivity index (χ1n) is 9.62. The number of aromatic nitrogens is 1. The molecule has 1 amide bonds. The monoisotopic (exact) mass is 396 g/mol. The van der Waals surface area contributed by atoms with Gasteiger partial charge in [-0.1, -0.05) is 24.3 Å². The molecular formula is C22H21FN2O4. The largest absolute Gasteiger partial charge is 0.455 e. The predicted octanol–water partition coefficient (Wildman–Crippen LogP) is 3.46. The van der Waals surface area contributed by atoms with Crippen molar-refractivity contribution in [3.8, 4) is 0 Å². The Morgan fingerprint density at radius 1 is 1.10 bits per heavy atom. The number of carbonyl (C=O) groups excluding carboxylic acids is 2. The topological polar surface area (TPSA) is 72.6 Å². The first kappa shape index (κ1) is 19.1. The summed E-state index contributed by atoms with van der Waals surface area (Å²) in [5.74, 6) is -0.199. The Kier molecular flexibility index (Phi) is 5.55. The Labute approximate surface area is 167 Å². The normalized spacial score (nSPS) is 14.9. The van der Waals surface area contributed by atoms with Crippen LogP contribution in [0.5, 0.6) is 0 Å². The SMILES string of the molecule is O=C(Cc1ccc(F)cc1)OCC(=O)N1CCC(c2nc3ccccc3o2)CC1. The number of oxazole rings is 1. The van der Waals surface area contributed by atoms with E-state index < -0.39 is 5.97 Å². The van der Waals surface area contributed by atoms with Gasteiger partial charge in [0, 0.05) is 19.0 Å². The number of halogens is 1. The molecule has 0 unspecified atom stereocenters. The number of hydrogen-bond donors (Lipinski definition) is 0. The molecule has 0 atom stereocenters. The number of benzene rings is 2. The van der Waals surface area contributed by atoms with E-state index in [1.165, 1.54) is 24.3 Å². The number of piperidine rings is 1. The number of fused-ring (bicyclic) bond motifs is 1. The van der Waals surface area contributed by atoms with Crippen molar-refractivity contribution < 1.29 is 23.1 Å². The zero-order valence-electron chi connectivity index (χ0n) is 15.8. The van der Waals surface area contributed by atoms with Crippen molar-refractivity contribution in [1.29, 1.82) is 0 Å². The van der Waals surface area contributed by atoms with Crippen molar-refractivity contribution in [1.82, 2.24) is 9.88 Å². The molecule has 1 saturated heterocycles. The number of amides is 1. The Morgan fingerprint density at radius 2 is 1.83 bits per heavy atom. The van der Waals surface area contributed by atoms with Crippen LogP contribution in [-0.2, 0) is 20.7 Å². The van der Waals surface area contributed by atoms with E-state index >= 15 is 0 Å². The van der Waals surface area contributed by atoms with Gasteiger partial charge in [-0.3, -0.25) is 9.59 Å². The summed E-state index contributed by atoms with van der Waals surface area (Å²) in [5.41, 5.74) is 2.26. The number of ether oxygens (including phenoxy) is 1. The van der Waals surface area contributed by atoms with Crippen LogP contribution in [-0.4, -0.2) is 41.5 Å². The summed E-state index contributed by atoms with van der Waals surface area (Å²) >= 11 is 0. The van der Waals surface area contributed by atoms with Crippen molar-refractivity contribution in [2.24, 2.45) is 0 Å². The molecule has 0 aliphatic carbocycles. The molecule has 2 heterocycles. The first-order valence-corrected chi connectivity index (χ1v) is 9.62. The summed E-state index contributed by atoms with van der Waals surface area (Å²) < 4.78 is 23.8. The van der Waals surface area contributed by atoms with E-state index in [0.29, 0.717) is 24.5 Å². The average Bonchev–Trinajstić information content (AvgIpc) is 3.18. The number of carbonyl (C=O) groups is 2. The Bertz CT molecular complexity index is 974. The van der Waals surface area contributed by atoms with Crippen molar-refractivity contribution >= 4 is 23.0 Å². The quantitative estimate of drug-likeness (QED) is 0.618. The van der Waals surface area contributed by atoms with Crippen LogP contribution in [0.2, 0.25) is 0 Å². The summed E-state index contributed by atoms with van der Waals surface area (Å²) in [7, 11) is 0. The number of hydrogen-bond acceptors (Lipinski definition) is 5. The van der Waals surface area contributed by atoms with Crippen LogP contribution in [0.4, 0.5) is 4.39 Å². The van der Waals surface area contributed by atoms with Gasteiger partial charge in [0.05, 0.1) is 6.42 Å². The zero-order valence-corrected chi connectivity index (χ0v) is 15.8. The molecule has 2 aromatic carbocycles. The van der Waals surface area contributed by atoms with Crippen LogP contribution in [0, 0.1) is 5.82 Å². The van der Waals surface area contributed by atoms with Crippen LogP contribution >= 0.6 is 0 Å². The van der Waals surface area contributed by atoms with E-state index in [1.807, 2.05) is 24.3 Å². The van der Waals surface area contributed by atoms with Gasteiger partial charge in [0.2, 0.25) is 0 Å². The lowest BCUT2D eigenvalue weighted by molar-refractivity contribution is -0.152. The molecule has 4 rings (SSSR count). The van der Waals surface area contributed by atoms with Gasteiger partial charge in [-0.05, 0) is 42.7 Å². The Hall–Kier alpha value is -3.22. The molecule has 1 aliphatic heterocycles. The molecule has 3 aromatic rings. The summed E-state index contributed by atoms with van der Waals surface area (Å²) in [6.45, 7) is 0.850. The third-order valence-electron chi connectivity index (χ3n) is 5.13. The highest BCUT2D eigenvalue weighted by atomic mass is 19.1. The minimum absolute atomic E-state index is 0.00730. The highest BCUT2D eigenvalue weighted by Crippen LogP contribution is 2.29. The van der Waals surface area contributed by atoms with Gasteiger partial charge >= 0.3 is 5.97 Å². The highest BCUT2D eigenvalue weighted by Gasteiger charge is 2.27. The third-order valence-corrected chi connectivity index (χ3v) is 5.13. The second-order valence-electron chi connectivity index (χ2n) is 7.14. The molecule has 0 radical (unpaired) electrons. The standard InChI is InChI=1S/C22H21FN2O4/c23-17-7-5-15(6-8-17)13-21(27)28-14-20(26)25-11-9-16(10-12-25)22-24-18-3-1-2-4-19(18)29-22/h1-8,16H,9-14H2. The van der Waals surface area contributed by atoms with Crippen molar-refractivity contribution in [3.05, 3.63) is 65.8 Å². The minimum Gasteiger partial charge on any atom is -0.455 e. The van der Waals surface area contributed by atoms with E-state index in [4.69, 9.17) is 9.15 Å². The maximum atomic E-state index is 12.9. The van der Waals surface area contributed by atoms with Crippen LogP contribution in [0.25, 0.3) is 11.1 Å². The minimum atomic E-state index is -0.508. The maximum absolute atomic E-state index is 12.9. The first-order chi connectivity index (χ1) is 14.1. The predicted molar refractivity (Wildman–Crippen MR) is 104 cm³/mol. The average molecular weight is 396 g/mol. The molecule has 0 bridgehead atoms. The van der Waals surface area contributed by atoms with Crippen LogP contribution in [0.15, 0.2) is 52.9 Å². The summed E-state index contributed by atoms with van der Waals surface area (Å²) in [6.07, 6.45) is 1.51. The number of rotatable bonds is 5. The molecule has 0 saturated carbocycles.